The summed E-state index contributed by atoms with van der Waals surface area (Å²) >= 11 is 0. The fourth-order valence-electron chi connectivity index (χ4n) is 5.04. The highest BCUT2D eigenvalue weighted by molar-refractivity contribution is 5.82. The molecule has 2 bridgehead atoms. The number of rotatable bonds is 3. The first kappa shape index (κ1) is 17.4. The van der Waals surface area contributed by atoms with E-state index in [-0.39, 0.29) is 48.4 Å². The minimum Gasteiger partial charge on any atom is -0.469 e. The van der Waals surface area contributed by atoms with E-state index < -0.39 is 12.2 Å². The van der Waals surface area contributed by atoms with Gasteiger partial charge >= 0.3 is 5.97 Å². The zero-order chi connectivity index (χ0) is 18.4. The van der Waals surface area contributed by atoms with E-state index in [1.54, 1.807) is 17.0 Å². The number of hydrogen-bond donors (Lipinski definition) is 0. The van der Waals surface area contributed by atoms with Crippen molar-refractivity contribution in [1.82, 2.24) is 4.90 Å². The van der Waals surface area contributed by atoms with E-state index in [9.17, 15) is 18.4 Å². The molecule has 0 spiro atoms. The number of alkyl halides is 1. The van der Waals surface area contributed by atoms with E-state index in [2.05, 4.69) is 0 Å². The van der Waals surface area contributed by atoms with E-state index in [4.69, 9.17) is 4.74 Å². The first-order valence-electron chi connectivity index (χ1n) is 9.25. The van der Waals surface area contributed by atoms with Crippen LogP contribution in [0.1, 0.15) is 37.3 Å². The lowest BCUT2D eigenvalue weighted by Crippen LogP contribution is -2.51. The Bertz CT molecular complexity index is 719. The Kier molecular flexibility index (Phi) is 4.45. The van der Waals surface area contributed by atoms with Gasteiger partial charge in [0.25, 0.3) is 0 Å². The van der Waals surface area contributed by atoms with Crippen molar-refractivity contribution in [1.29, 1.82) is 0 Å². The zero-order valence-corrected chi connectivity index (χ0v) is 14.7. The molecule has 1 aromatic rings. The monoisotopic (exact) mass is 363 g/mol. The highest BCUT2D eigenvalue weighted by Crippen LogP contribution is 2.53. The molecule has 1 aromatic carbocycles. The smallest absolute Gasteiger partial charge is 0.308 e. The number of amides is 1. The molecule has 0 aromatic heterocycles. The second-order valence-electron chi connectivity index (χ2n) is 7.86. The summed E-state index contributed by atoms with van der Waals surface area (Å²) in [6, 6.07) is 5.60. The third-order valence-corrected chi connectivity index (χ3v) is 6.44. The second-order valence-corrected chi connectivity index (χ2v) is 7.86. The first-order valence-corrected chi connectivity index (χ1v) is 9.25. The van der Waals surface area contributed by atoms with Gasteiger partial charge in [-0.15, -0.1) is 0 Å². The fourth-order valence-corrected chi connectivity index (χ4v) is 5.04. The predicted molar refractivity (Wildman–Crippen MR) is 90.2 cm³/mol. The van der Waals surface area contributed by atoms with E-state index in [1.165, 1.54) is 19.2 Å². The molecule has 4 atom stereocenters. The fraction of sp³-hybridized carbons (Fsp3) is 0.600. The number of carbonyl (C=O) groups is 2. The number of fused-ring (bicyclic) bond motifs is 2. The lowest BCUT2D eigenvalue weighted by atomic mass is 9.55. The van der Waals surface area contributed by atoms with Crippen LogP contribution in [0, 0.1) is 29.5 Å². The van der Waals surface area contributed by atoms with Gasteiger partial charge in [-0.1, -0.05) is 12.1 Å². The Hall–Kier alpha value is -1.98. The van der Waals surface area contributed by atoms with Crippen LogP contribution in [0.25, 0.3) is 0 Å². The minimum absolute atomic E-state index is 0.0373. The molecule has 3 aliphatic carbocycles. The van der Waals surface area contributed by atoms with Crippen LogP contribution in [0.4, 0.5) is 8.78 Å². The zero-order valence-electron chi connectivity index (χ0n) is 14.7. The van der Waals surface area contributed by atoms with Crippen molar-refractivity contribution in [3.05, 3.63) is 35.6 Å². The van der Waals surface area contributed by atoms with Crippen LogP contribution >= 0.6 is 0 Å². The molecule has 1 heterocycles. The Morgan fingerprint density at radius 2 is 1.85 bits per heavy atom. The lowest BCUT2D eigenvalue weighted by molar-refractivity contribution is -0.161. The number of hydrogen-bond acceptors (Lipinski definition) is 3. The van der Waals surface area contributed by atoms with E-state index >= 15 is 0 Å². The number of nitrogens with zero attached hydrogens (tertiary/aromatic N) is 1. The van der Waals surface area contributed by atoms with Crippen molar-refractivity contribution in [2.45, 2.75) is 37.9 Å². The number of halogens is 2. The summed E-state index contributed by atoms with van der Waals surface area (Å²) in [7, 11) is 1.37. The van der Waals surface area contributed by atoms with E-state index in [0.29, 0.717) is 17.9 Å². The third kappa shape index (κ3) is 2.89. The largest absolute Gasteiger partial charge is 0.469 e. The number of likely N-dealkylation sites (tertiary alicyclic amines) is 1. The van der Waals surface area contributed by atoms with Crippen LogP contribution in [0.15, 0.2) is 24.3 Å². The molecule has 3 unspecified atom stereocenters. The van der Waals surface area contributed by atoms with Crippen LogP contribution < -0.4 is 0 Å². The molecule has 4 fully saturated rings. The number of methoxy groups -OCH3 is 1. The lowest BCUT2D eigenvalue weighted by Gasteiger charge is -2.50. The Labute approximate surface area is 151 Å². The first-order chi connectivity index (χ1) is 12.5. The van der Waals surface area contributed by atoms with Crippen LogP contribution in [0.2, 0.25) is 0 Å². The van der Waals surface area contributed by atoms with Crippen molar-refractivity contribution in [3.8, 4) is 0 Å². The molecule has 0 radical (unpaired) electrons. The molecule has 4 aliphatic rings. The quantitative estimate of drug-likeness (QED) is 0.775. The average molecular weight is 363 g/mol. The van der Waals surface area contributed by atoms with Crippen molar-refractivity contribution in [2.75, 3.05) is 13.7 Å². The van der Waals surface area contributed by atoms with E-state index in [1.807, 2.05) is 0 Å². The molecule has 140 valence electrons. The molecule has 1 aliphatic heterocycles. The maximum absolute atomic E-state index is 14.1. The minimum atomic E-state index is -1.11. The Morgan fingerprint density at radius 3 is 2.54 bits per heavy atom. The molecule has 0 N–H and O–H groups in total. The maximum Gasteiger partial charge on any atom is 0.308 e. The SMILES string of the molecule is COC(=O)C1C[C@H](C(=O)N2CC(F)CC2c2cccc(F)c2)C2CC1C2. The maximum atomic E-state index is 14.1. The molecule has 26 heavy (non-hydrogen) atoms. The van der Waals surface area contributed by atoms with Gasteiger partial charge in [-0.05, 0) is 48.8 Å². The van der Waals surface area contributed by atoms with Crippen molar-refractivity contribution in [2.24, 2.45) is 23.7 Å². The van der Waals surface area contributed by atoms with Crippen LogP contribution in [-0.2, 0) is 14.3 Å². The van der Waals surface area contributed by atoms with Gasteiger partial charge < -0.3 is 9.64 Å². The normalized spacial score (nSPS) is 35.7. The highest BCUT2D eigenvalue weighted by Gasteiger charge is 2.53. The summed E-state index contributed by atoms with van der Waals surface area (Å²) in [5.41, 5.74) is 0.630. The number of ether oxygens (including phenoxy) is 1. The molecular weight excluding hydrogens is 340 g/mol. The molecule has 1 saturated heterocycles. The molecule has 3 saturated carbocycles. The van der Waals surface area contributed by atoms with Crippen LogP contribution in [0.3, 0.4) is 0 Å². The van der Waals surface area contributed by atoms with E-state index in [0.717, 1.165) is 12.8 Å². The highest BCUT2D eigenvalue weighted by atomic mass is 19.1. The summed E-state index contributed by atoms with van der Waals surface area (Å²) in [5, 5.41) is 0. The van der Waals surface area contributed by atoms with Gasteiger partial charge in [0.1, 0.15) is 12.0 Å². The van der Waals surface area contributed by atoms with Gasteiger partial charge in [0.05, 0.1) is 25.6 Å². The average Bonchev–Trinajstić information content (AvgIpc) is 3.01. The summed E-state index contributed by atoms with van der Waals surface area (Å²) in [5.74, 6) is -0.680. The third-order valence-electron chi connectivity index (χ3n) is 6.44. The Balaban J connectivity index is 1.55. The van der Waals surface area contributed by atoms with Crippen molar-refractivity contribution < 1.29 is 23.1 Å². The van der Waals surface area contributed by atoms with Crippen molar-refractivity contribution in [3.63, 3.8) is 0 Å². The molecule has 4 nitrogen and oxygen atoms in total. The summed E-state index contributed by atoms with van der Waals surface area (Å²) in [6.07, 6.45) is 1.27. The topological polar surface area (TPSA) is 46.6 Å². The van der Waals surface area contributed by atoms with Gasteiger partial charge in [0.2, 0.25) is 5.91 Å². The number of esters is 1. The van der Waals surface area contributed by atoms with Crippen LogP contribution in [0.5, 0.6) is 0 Å². The van der Waals surface area contributed by atoms with Gasteiger partial charge in [-0.3, -0.25) is 9.59 Å². The number of benzene rings is 1. The van der Waals surface area contributed by atoms with Gasteiger partial charge in [0.15, 0.2) is 0 Å². The predicted octanol–water partition coefficient (Wildman–Crippen LogP) is 3.27. The van der Waals surface area contributed by atoms with Gasteiger partial charge in [0, 0.05) is 12.3 Å². The Morgan fingerprint density at radius 1 is 1.12 bits per heavy atom. The summed E-state index contributed by atoms with van der Waals surface area (Å²) < 4.78 is 32.6. The van der Waals surface area contributed by atoms with Gasteiger partial charge in [-0.25, -0.2) is 8.78 Å². The van der Waals surface area contributed by atoms with Crippen LogP contribution in [-0.4, -0.2) is 36.6 Å². The molecule has 5 rings (SSSR count). The molecular formula is C20H23F2NO3. The number of carbonyl (C=O) groups excluding carboxylic acids is 2. The standard InChI is InChI=1S/C20H23F2NO3/c1-26-20(25)17-9-16(12-5-13(17)6-12)19(24)23-10-15(22)8-18(23)11-3-2-4-14(21)7-11/h2-4,7,12-13,15-18H,5-6,8-10H2,1H3/t12?,13?,15?,16-,17?,18?/m0/s1. The second kappa shape index (κ2) is 6.63. The van der Waals surface area contributed by atoms with Gasteiger partial charge in [-0.2, -0.15) is 0 Å². The summed E-state index contributed by atoms with van der Waals surface area (Å²) in [4.78, 5) is 26.8. The van der Waals surface area contributed by atoms with Crippen molar-refractivity contribution >= 4 is 11.9 Å². The molecule has 6 heteroatoms. The molecule has 1 amide bonds. The summed E-state index contributed by atoms with van der Waals surface area (Å²) in [6.45, 7) is 0.0373.